The average molecular weight is 377 g/mol. The van der Waals surface area contributed by atoms with Crippen LogP contribution < -0.4 is 4.90 Å². The Labute approximate surface area is 166 Å². The van der Waals surface area contributed by atoms with Crippen LogP contribution in [0.4, 0.5) is 5.69 Å². The van der Waals surface area contributed by atoms with Crippen LogP contribution in [-0.4, -0.2) is 36.9 Å². The highest BCUT2D eigenvalue weighted by molar-refractivity contribution is 5.76. The van der Waals surface area contributed by atoms with Gasteiger partial charge in [-0.1, -0.05) is 42.0 Å². The number of hydrogen-bond donors (Lipinski definition) is 0. The van der Waals surface area contributed by atoms with Crippen molar-refractivity contribution in [3.63, 3.8) is 0 Å². The summed E-state index contributed by atoms with van der Waals surface area (Å²) in [7, 11) is 5.85. The van der Waals surface area contributed by atoms with Crippen molar-refractivity contribution < 1.29 is 9.21 Å². The van der Waals surface area contributed by atoms with E-state index in [9.17, 15) is 4.79 Å². The molecule has 0 radical (unpaired) electrons. The van der Waals surface area contributed by atoms with Crippen LogP contribution in [0.3, 0.4) is 0 Å². The first-order chi connectivity index (χ1) is 13.4. The van der Waals surface area contributed by atoms with E-state index in [4.69, 9.17) is 4.42 Å². The quantitative estimate of drug-likeness (QED) is 0.616. The summed E-state index contributed by atoms with van der Waals surface area (Å²) in [5.41, 5.74) is 4.45. The molecule has 5 nitrogen and oxygen atoms in total. The molecule has 0 spiro atoms. The van der Waals surface area contributed by atoms with Crippen molar-refractivity contribution in [1.29, 1.82) is 0 Å². The van der Waals surface area contributed by atoms with Crippen molar-refractivity contribution in [1.82, 2.24) is 9.88 Å². The van der Waals surface area contributed by atoms with E-state index < -0.39 is 0 Å². The maximum Gasteiger partial charge on any atom is 0.223 e. The molecule has 0 aliphatic carbocycles. The van der Waals surface area contributed by atoms with Crippen molar-refractivity contribution in [2.24, 2.45) is 0 Å². The van der Waals surface area contributed by atoms with Crippen LogP contribution in [0.5, 0.6) is 0 Å². The molecule has 5 heteroatoms. The second-order valence-corrected chi connectivity index (χ2v) is 7.29. The summed E-state index contributed by atoms with van der Waals surface area (Å²) in [5.74, 6) is 1.40. The Morgan fingerprint density at radius 1 is 1.00 bits per heavy atom. The van der Waals surface area contributed by atoms with Gasteiger partial charge in [0.25, 0.3) is 0 Å². The Balaban J connectivity index is 1.52. The van der Waals surface area contributed by atoms with Gasteiger partial charge in [-0.25, -0.2) is 4.98 Å². The lowest BCUT2D eigenvalue weighted by Gasteiger charge is -2.18. The highest BCUT2D eigenvalue weighted by Gasteiger charge is 2.13. The van der Waals surface area contributed by atoms with Crippen LogP contribution in [0, 0.1) is 6.92 Å². The Morgan fingerprint density at radius 2 is 1.68 bits per heavy atom. The minimum absolute atomic E-state index is 0.0757. The van der Waals surface area contributed by atoms with E-state index in [1.165, 1.54) is 5.56 Å². The fraction of sp³-hybridized carbons (Fsp3) is 0.304. The normalized spacial score (nSPS) is 10.7. The Hall–Kier alpha value is -3.08. The number of hydrogen-bond acceptors (Lipinski definition) is 4. The van der Waals surface area contributed by atoms with E-state index >= 15 is 0 Å². The number of aromatic nitrogens is 1. The van der Waals surface area contributed by atoms with E-state index in [0.717, 1.165) is 22.6 Å². The molecule has 1 aromatic heterocycles. The summed E-state index contributed by atoms with van der Waals surface area (Å²) < 4.78 is 5.81. The lowest BCUT2D eigenvalue weighted by Crippen LogP contribution is -2.26. The number of rotatable bonds is 7. The monoisotopic (exact) mass is 377 g/mol. The van der Waals surface area contributed by atoms with E-state index in [-0.39, 0.29) is 5.91 Å². The van der Waals surface area contributed by atoms with E-state index in [0.29, 0.717) is 25.3 Å². The van der Waals surface area contributed by atoms with Gasteiger partial charge in [-0.2, -0.15) is 0 Å². The summed E-state index contributed by atoms with van der Waals surface area (Å²) in [6, 6.07) is 16.4. The largest absolute Gasteiger partial charge is 0.441 e. The molecule has 0 saturated heterocycles. The van der Waals surface area contributed by atoms with Gasteiger partial charge in [0.2, 0.25) is 5.91 Å². The second kappa shape index (κ2) is 8.74. The topological polar surface area (TPSA) is 49.6 Å². The van der Waals surface area contributed by atoms with Crippen LogP contribution in [-0.2, 0) is 17.8 Å². The smallest absolute Gasteiger partial charge is 0.223 e. The highest BCUT2D eigenvalue weighted by atomic mass is 16.4. The SMILES string of the molecule is Cc1ccc(-c2cnc(CCC(=O)N(C)Cc3ccc(N(C)C)cc3)o2)cc1. The summed E-state index contributed by atoms with van der Waals surface area (Å²) >= 11 is 0. The van der Waals surface area contributed by atoms with Gasteiger partial charge in [-0.15, -0.1) is 0 Å². The Bertz CT molecular complexity index is 912. The van der Waals surface area contributed by atoms with E-state index in [2.05, 4.69) is 34.1 Å². The first-order valence-electron chi connectivity index (χ1n) is 9.44. The molecule has 2 aromatic carbocycles. The molecule has 3 rings (SSSR count). The zero-order valence-electron chi connectivity index (χ0n) is 17.0. The van der Waals surface area contributed by atoms with Gasteiger partial charge in [0.1, 0.15) is 0 Å². The van der Waals surface area contributed by atoms with Crippen LogP contribution in [0.2, 0.25) is 0 Å². The minimum atomic E-state index is 0.0757. The van der Waals surface area contributed by atoms with E-state index in [1.807, 2.05) is 52.3 Å². The average Bonchev–Trinajstić information content (AvgIpc) is 3.16. The molecule has 0 bridgehead atoms. The van der Waals surface area contributed by atoms with Crippen molar-refractivity contribution >= 4 is 11.6 Å². The molecule has 28 heavy (non-hydrogen) atoms. The van der Waals surface area contributed by atoms with Gasteiger partial charge < -0.3 is 14.2 Å². The number of amides is 1. The Kier molecular flexibility index (Phi) is 6.14. The fourth-order valence-electron chi connectivity index (χ4n) is 2.94. The number of aryl methyl sites for hydroxylation is 2. The maximum absolute atomic E-state index is 12.5. The molecule has 0 aliphatic rings. The zero-order chi connectivity index (χ0) is 20.1. The Morgan fingerprint density at radius 3 is 2.32 bits per heavy atom. The lowest BCUT2D eigenvalue weighted by atomic mass is 10.1. The predicted octanol–water partition coefficient (Wildman–Crippen LogP) is 4.31. The molecule has 0 N–H and O–H groups in total. The molecule has 0 saturated carbocycles. The highest BCUT2D eigenvalue weighted by Crippen LogP contribution is 2.21. The van der Waals surface area contributed by atoms with Gasteiger partial charge in [0.05, 0.1) is 6.20 Å². The molecule has 1 amide bonds. The summed E-state index contributed by atoms with van der Waals surface area (Å²) in [6.07, 6.45) is 2.59. The third-order valence-electron chi connectivity index (χ3n) is 4.74. The van der Waals surface area contributed by atoms with Crippen molar-refractivity contribution in [2.45, 2.75) is 26.3 Å². The number of oxazole rings is 1. The molecule has 1 heterocycles. The maximum atomic E-state index is 12.5. The fourth-order valence-corrected chi connectivity index (χ4v) is 2.94. The molecular formula is C23H27N3O2. The number of carbonyl (C=O) groups excluding carboxylic acids is 1. The zero-order valence-corrected chi connectivity index (χ0v) is 17.0. The third-order valence-corrected chi connectivity index (χ3v) is 4.74. The van der Waals surface area contributed by atoms with Gasteiger partial charge in [0.15, 0.2) is 11.7 Å². The van der Waals surface area contributed by atoms with Gasteiger partial charge in [-0.3, -0.25) is 4.79 Å². The predicted molar refractivity (Wildman–Crippen MR) is 112 cm³/mol. The summed E-state index contributed by atoms with van der Waals surface area (Å²) in [5, 5.41) is 0. The van der Waals surface area contributed by atoms with Gasteiger partial charge in [-0.05, 0) is 24.6 Å². The van der Waals surface area contributed by atoms with Crippen LogP contribution in [0.1, 0.15) is 23.4 Å². The van der Waals surface area contributed by atoms with Gasteiger partial charge in [0, 0.05) is 51.8 Å². The molecule has 0 fully saturated rings. The first-order valence-corrected chi connectivity index (χ1v) is 9.44. The third kappa shape index (κ3) is 5.00. The summed E-state index contributed by atoms with van der Waals surface area (Å²) in [4.78, 5) is 20.6. The van der Waals surface area contributed by atoms with Crippen LogP contribution in [0.15, 0.2) is 59.1 Å². The molecular weight excluding hydrogens is 350 g/mol. The number of nitrogens with zero attached hydrogens (tertiary/aromatic N) is 3. The number of benzene rings is 2. The van der Waals surface area contributed by atoms with E-state index in [1.54, 1.807) is 11.1 Å². The first kappa shape index (κ1) is 19.7. The minimum Gasteiger partial charge on any atom is -0.441 e. The molecule has 146 valence electrons. The van der Waals surface area contributed by atoms with Crippen LogP contribution in [0.25, 0.3) is 11.3 Å². The summed E-state index contributed by atoms with van der Waals surface area (Å²) in [6.45, 7) is 2.64. The molecule has 3 aromatic rings. The lowest BCUT2D eigenvalue weighted by molar-refractivity contribution is -0.130. The van der Waals surface area contributed by atoms with Crippen LogP contribution >= 0.6 is 0 Å². The standard InChI is InChI=1S/C23H27N3O2/c1-17-5-9-19(10-6-17)21-15-24-22(28-21)13-14-23(27)26(4)16-18-7-11-20(12-8-18)25(2)3/h5-12,15H,13-14,16H2,1-4H3. The number of anilines is 1. The number of carbonyl (C=O) groups is 1. The molecule has 0 atom stereocenters. The second-order valence-electron chi connectivity index (χ2n) is 7.29. The van der Waals surface area contributed by atoms with Gasteiger partial charge >= 0.3 is 0 Å². The molecule has 0 aliphatic heterocycles. The molecule has 0 unspecified atom stereocenters. The van der Waals surface area contributed by atoms with Crippen molar-refractivity contribution in [3.05, 3.63) is 71.7 Å². The van der Waals surface area contributed by atoms with Crippen molar-refractivity contribution in [3.8, 4) is 11.3 Å². The van der Waals surface area contributed by atoms with Crippen molar-refractivity contribution in [2.75, 3.05) is 26.0 Å².